The fourth-order valence-electron chi connectivity index (χ4n) is 4.81. The van der Waals surface area contributed by atoms with Crippen molar-refractivity contribution in [3.63, 3.8) is 0 Å². The number of benzene rings is 2. The fraction of sp³-hybridized carbons (Fsp3) is 0.414. The Bertz CT molecular complexity index is 1130. The van der Waals surface area contributed by atoms with E-state index in [-0.39, 0.29) is 30.2 Å². The second-order valence-corrected chi connectivity index (χ2v) is 11.2. The van der Waals surface area contributed by atoms with Gasteiger partial charge >= 0.3 is 5.97 Å². The van der Waals surface area contributed by atoms with Crippen molar-refractivity contribution in [3.8, 4) is 6.07 Å². The van der Waals surface area contributed by atoms with Crippen molar-refractivity contribution in [2.24, 2.45) is 11.8 Å². The molecule has 5 nitrogen and oxygen atoms in total. The summed E-state index contributed by atoms with van der Waals surface area (Å²) >= 11 is 12.3. The highest BCUT2D eigenvalue weighted by atomic mass is 35.5. The SMILES string of the molecule is C=CC(C[C@H](C#N)c1ccc(Cl)cc1)[C@@H]1NC(=O)[C@@H](CC(=O)OC(C)(C)C)C[C@@H]1c1cccc(Cl)c1. The van der Waals surface area contributed by atoms with Crippen LogP contribution in [0.4, 0.5) is 0 Å². The van der Waals surface area contributed by atoms with E-state index in [1.165, 1.54) is 0 Å². The predicted octanol–water partition coefficient (Wildman–Crippen LogP) is 6.81. The molecule has 5 atom stereocenters. The van der Waals surface area contributed by atoms with Crippen molar-refractivity contribution in [2.45, 2.75) is 63.5 Å². The Morgan fingerprint density at radius 1 is 1.22 bits per heavy atom. The first kappa shape index (κ1) is 27.8. The second kappa shape index (κ2) is 12.0. The standard InChI is InChI=1S/C29H32Cl2N2O3/c1-5-18(13-22(17-32)19-9-11-23(30)12-10-19)27-25(20-7-6-8-24(31)14-20)15-21(28(35)33-27)16-26(34)36-29(2,3)4/h5-12,14,18,21-22,25,27H,1,13,15-16H2,2-4H3,(H,33,35)/t18?,21-,22-,25-,27+/m1/s1. The molecule has 7 heteroatoms. The minimum absolute atomic E-state index is 0.00274. The maximum absolute atomic E-state index is 13.2. The zero-order chi connectivity index (χ0) is 26.5. The van der Waals surface area contributed by atoms with Crippen LogP contribution in [0, 0.1) is 23.2 Å². The van der Waals surface area contributed by atoms with Crippen molar-refractivity contribution in [2.75, 3.05) is 0 Å². The van der Waals surface area contributed by atoms with E-state index in [1.807, 2.05) is 30.3 Å². The van der Waals surface area contributed by atoms with E-state index in [9.17, 15) is 14.9 Å². The van der Waals surface area contributed by atoms with E-state index in [0.29, 0.717) is 22.9 Å². The molecule has 3 rings (SSSR count). The third-order valence-corrected chi connectivity index (χ3v) is 6.95. The minimum Gasteiger partial charge on any atom is -0.460 e. The van der Waals surface area contributed by atoms with Crippen molar-refractivity contribution in [3.05, 3.63) is 82.4 Å². The van der Waals surface area contributed by atoms with Crippen molar-refractivity contribution >= 4 is 35.1 Å². The van der Waals surface area contributed by atoms with Gasteiger partial charge in [-0.25, -0.2) is 0 Å². The number of amides is 1. The lowest BCUT2D eigenvalue weighted by Crippen LogP contribution is -2.52. The van der Waals surface area contributed by atoms with Crippen LogP contribution in [0.2, 0.25) is 10.0 Å². The Kier molecular flexibility index (Phi) is 9.22. The quantitative estimate of drug-likeness (QED) is 0.302. The molecule has 0 aromatic heterocycles. The van der Waals surface area contributed by atoms with Gasteiger partial charge in [0, 0.05) is 27.9 Å². The number of nitrogens with zero attached hydrogens (tertiary/aromatic N) is 1. The van der Waals surface area contributed by atoms with Crippen molar-refractivity contribution in [1.29, 1.82) is 5.26 Å². The van der Waals surface area contributed by atoms with Gasteiger partial charge in [-0.1, -0.05) is 53.5 Å². The number of carbonyl (C=O) groups is 2. The van der Waals surface area contributed by atoms with Crippen LogP contribution in [0.5, 0.6) is 0 Å². The summed E-state index contributed by atoms with van der Waals surface area (Å²) in [5.41, 5.74) is 1.20. The summed E-state index contributed by atoms with van der Waals surface area (Å²) < 4.78 is 5.47. The van der Waals surface area contributed by atoms with Crippen LogP contribution in [0.3, 0.4) is 0 Å². The molecule has 0 saturated carbocycles. The zero-order valence-electron chi connectivity index (χ0n) is 20.8. The lowest BCUT2D eigenvalue weighted by Gasteiger charge is -2.40. The number of hydrogen-bond acceptors (Lipinski definition) is 4. The molecule has 2 aromatic carbocycles. The Hall–Kier alpha value is -2.81. The van der Waals surface area contributed by atoms with Crippen LogP contribution in [0.25, 0.3) is 0 Å². The Labute approximate surface area is 223 Å². The minimum atomic E-state index is -0.626. The molecule has 1 fully saturated rings. The lowest BCUT2D eigenvalue weighted by atomic mass is 9.72. The fourth-order valence-corrected chi connectivity index (χ4v) is 5.13. The summed E-state index contributed by atoms with van der Waals surface area (Å²) in [5.74, 6) is -1.85. The molecule has 1 unspecified atom stereocenters. The van der Waals surface area contributed by atoms with Crippen LogP contribution in [0.1, 0.15) is 63.0 Å². The van der Waals surface area contributed by atoms with Crippen LogP contribution in [-0.4, -0.2) is 23.5 Å². The van der Waals surface area contributed by atoms with Gasteiger partial charge < -0.3 is 10.1 Å². The molecular formula is C29H32Cl2N2O3. The number of esters is 1. The number of halogens is 2. The molecule has 2 aromatic rings. The number of nitriles is 1. The van der Waals surface area contributed by atoms with Gasteiger partial charge in [-0.15, -0.1) is 6.58 Å². The molecule has 0 spiro atoms. The number of nitrogens with one attached hydrogen (secondary N) is 1. The first-order valence-corrected chi connectivity index (χ1v) is 12.8. The normalized spacial score (nSPS) is 21.6. The second-order valence-electron chi connectivity index (χ2n) is 10.3. The smallest absolute Gasteiger partial charge is 0.307 e. The van der Waals surface area contributed by atoms with Gasteiger partial charge in [0.25, 0.3) is 0 Å². The third kappa shape index (κ3) is 7.35. The molecule has 190 valence electrons. The van der Waals surface area contributed by atoms with E-state index in [1.54, 1.807) is 45.0 Å². The van der Waals surface area contributed by atoms with Crippen LogP contribution >= 0.6 is 23.2 Å². The van der Waals surface area contributed by atoms with Gasteiger partial charge in [0.1, 0.15) is 5.60 Å². The maximum atomic E-state index is 13.2. The molecule has 0 radical (unpaired) electrons. The first-order chi connectivity index (χ1) is 17.0. The number of hydrogen-bond donors (Lipinski definition) is 1. The van der Waals surface area contributed by atoms with Gasteiger partial charge in [-0.05, 0) is 74.9 Å². The highest BCUT2D eigenvalue weighted by Gasteiger charge is 2.41. The summed E-state index contributed by atoms with van der Waals surface area (Å²) in [5, 5.41) is 14.3. The van der Waals surface area contributed by atoms with E-state index < -0.39 is 23.4 Å². The summed E-state index contributed by atoms with van der Waals surface area (Å²) in [6, 6.07) is 16.9. The topological polar surface area (TPSA) is 79.2 Å². The van der Waals surface area contributed by atoms with Crippen LogP contribution < -0.4 is 5.32 Å². The van der Waals surface area contributed by atoms with Gasteiger partial charge in [-0.3, -0.25) is 9.59 Å². The number of carbonyl (C=O) groups excluding carboxylic acids is 2. The number of ether oxygens (including phenoxy) is 1. The Morgan fingerprint density at radius 2 is 1.92 bits per heavy atom. The Balaban J connectivity index is 1.88. The van der Waals surface area contributed by atoms with Crippen LogP contribution in [0.15, 0.2) is 61.2 Å². The molecule has 1 amide bonds. The zero-order valence-corrected chi connectivity index (χ0v) is 22.4. The molecule has 1 aliphatic rings. The van der Waals surface area contributed by atoms with Crippen LogP contribution in [-0.2, 0) is 14.3 Å². The third-order valence-electron chi connectivity index (χ3n) is 6.46. The van der Waals surface area contributed by atoms with E-state index in [2.05, 4.69) is 18.0 Å². The summed E-state index contributed by atoms with van der Waals surface area (Å²) in [6.45, 7) is 9.44. The lowest BCUT2D eigenvalue weighted by molar-refractivity contribution is -0.158. The Morgan fingerprint density at radius 3 is 2.50 bits per heavy atom. The molecular weight excluding hydrogens is 495 g/mol. The number of piperidine rings is 1. The molecule has 1 saturated heterocycles. The summed E-state index contributed by atoms with van der Waals surface area (Å²) in [7, 11) is 0. The number of rotatable bonds is 8. The van der Waals surface area contributed by atoms with Gasteiger partial charge in [0.05, 0.1) is 18.4 Å². The summed E-state index contributed by atoms with van der Waals surface area (Å²) in [4.78, 5) is 25.7. The highest BCUT2D eigenvalue weighted by Crippen LogP contribution is 2.40. The van der Waals surface area contributed by atoms with Gasteiger partial charge in [-0.2, -0.15) is 5.26 Å². The average Bonchev–Trinajstić information content (AvgIpc) is 2.81. The predicted molar refractivity (Wildman–Crippen MR) is 143 cm³/mol. The summed E-state index contributed by atoms with van der Waals surface area (Å²) in [6.07, 6.45) is 2.73. The molecule has 1 heterocycles. The van der Waals surface area contributed by atoms with Crippen molar-refractivity contribution < 1.29 is 14.3 Å². The first-order valence-electron chi connectivity index (χ1n) is 12.1. The monoisotopic (exact) mass is 526 g/mol. The largest absolute Gasteiger partial charge is 0.460 e. The van der Waals surface area contributed by atoms with Gasteiger partial charge in [0.2, 0.25) is 5.91 Å². The molecule has 0 bridgehead atoms. The van der Waals surface area contributed by atoms with E-state index >= 15 is 0 Å². The highest BCUT2D eigenvalue weighted by molar-refractivity contribution is 6.30. The molecule has 0 aliphatic carbocycles. The average molecular weight is 527 g/mol. The maximum Gasteiger partial charge on any atom is 0.307 e. The van der Waals surface area contributed by atoms with Crippen molar-refractivity contribution in [1.82, 2.24) is 5.32 Å². The molecule has 1 aliphatic heterocycles. The molecule has 1 N–H and O–H groups in total. The van der Waals surface area contributed by atoms with E-state index in [0.717, 1.165) is 11.1 Å². The van der Waals surface area contributed by atoms with Gasteiger partial charge in [0.15, 0.2) is 0 Å². The molecule has 36 heavy (non-hydrogen) atoms. The van der Waals surface area contributed by atoms with E-state index in [4.69, 9.17) is 27.9 Å².